The van der Waals surface area contributed by atoms with Gasteiger partial charge in [0.05, 0.1) is 0 Å². The summed E-state index contributed by atoms with van der Waals surface area (Å²) in [7, 11) is 7.76. The normalized spacial score (nSPS) is 12.5. The Morgan fingerprint density at radius 2 is 1.15 bits per heavy atom. The summed E-state index contributed by atoms with van der Waals surface area (Å²) in [6.07, 6.45) is 3.87. The van der Waals surface area contributed by atoms with Crippen molar-refractivity contribution in [1.29, 1.82) is 0 Å². The summed E-state index contributed by atoms with van der Waals surface area (Å²) in [6.45, 7) is 21.7. The zero-order chi connectivity index (χ0) is 21.2. The first-order valence-corrected chi connectivity index (χ1v) is 15.4. The van der Waals surface area contributed by atoms with E-state index >= 15 is 0 Å². The number of hydrogen-bond acceptors (Lipinski definition) is 0. The van der Waals surface area contributed by atoms with E-state index in [-0.39, 0.29) is 15.5 Å². The van der Waals surface area contributed by atoms with Gasteiger partial charge in [-0.2, -0.15) is 17.7 Å². The molecule has 0 aromatic heterocycles. The molecule has 0 aliphatic carbocycles. The van der Waals surface area contributed by atoms with Gasteiger partial charge in [-0.3, -0.25) is 0 Å². The third kappa shape index (κ3) is 9.38. The van der Waals surface area contributed by atoms with Crippen LogP contribution in [0.1, 0.15) is 87.6 Å². The van der Waals surface area contributed by atoms with Crippen LogP contribution in [0.4, 0.5) is 0 Å². The number of hydrogen-bond donors (Lipinski definition) is 0. The first-order valence-electron chi connectivity index (χ1n) is 9.39. The Kier molecular flexibility index (Phi) is 13.9. The van der Waals surface area contributed by atoms with Gasteiger partial charge in [0, 0.05) is 0 Å². The molecule has 0 aliphatic rings. The van der Waals surface area contributed by atoms with Gasteiger partial charge in [0.2, 0.25) is 0 Å². The molecule has 1 rings (SSSR count). The molecule has 0 fully saturated rings. The molecule has 0 radical (unpaired) electrons. The van der Waals surface area contributed by atoms with Gasteiger partial charge in [0.1, 0.15) is 0 Å². The molecular formula is C21H40Cl2NPTi-2. The first-order chi connectivity index (χ1) is 11.6. The van der Waals surface area contributed by atoms with Crippen LogP contribution in [0.2, 0.25) is 0 Å². The zero-order valence-corrected chi connectivity index (χ0v) is 22.5. The second-order valence-corrected chi connectivity index (χ2v) is 17.5. The summed E-state index contributed by atoms with van der Waals surface area (Å²) in [5.41, 5.74) is 1.48. The molecule has 1 aromatic rings. The van der Waals surface area contributed by atoms with E-state index in [0.717, 1.165) is 0 Å². The molecule has 5 heteroatoms. The molecule has 0 bridgehead atoms. The average molecular weight is 456 g/mol. The summed E-state index contributed by atoms with van der Waals surface area (Å²) in [5, 5.41) is 11.1. The number of rotatable bonds is 3. The first kappa shape index (κ1) is 29.1. The predicted octanol–water partition coefficient (Wildman–Crippen LogP) is 9.28. The Morgan fingerprint density at radius 3 is 1.35 bits per heavy atom. The van der Waals surface area contributed by atoms with Crippen LogP contribution in [0.3, 0.4) is 0 Å². The minimum atomic E-state index is -2.02. The van der Waals surface area contributed by atoms with Crippen molar-refractivity contribution in [2.45, 2.75) is 104 Å². The molecular weight excluding hydrogens is 416 g/mol. The quantitative estimate of drug-likeness (QED) is 0.246. The van der Waals surface area contributed by atoms with Crippen LogP contribution in [-0.4, -0.2) is 15.5 Å². The molecule has 0 saturated carbocycles. The van der Waals surface area contributed by atoms with E-state index in [2.05, 4.69) is 93.5 Å². The fraction of sp³-hybridized carbons (Fsp3) is 0.762. The summed E-state index contributed by atoms with van der Waals surface area (Å²) in [4.78, 5) is 0. The van der Waals surface area contributed by atoms with E-state index in [1.165, 1.54) is 24.8 Å². The van der Waals surface area contributed by atoms with Gasteiger partial charge in [-0.05, 0) is 15.5 Å². The van der Waals surface area contributed by atoms with Crippen LogP contribution < -0.4 is 0 Å². The summed E-state index contributed by atoms with van der Waals surface area (Å²) in [6, 6.07) is 8.58. The predicted molar refractivity (Wildman–Crippen MR) is 122 cm³/mol. The Morgan fingerprint density at radius 1 is 0.846 bits per heavy atom. The second kappa shape index (κ2) is 12.4. The molecule has 0 N–H and O–H groups in total. The van der Waals surface area contributed by atoms with E-state index in [4.69, 9.17) is 18.6 Å². The van der Waals surface area contributed by atoms with Crippen LogP contribution in [-0.2, 0) is 23.5 Å². The monoisotopic (exact) mass is 455 g/mol. The third-order valence-corrected chi connectivity index (χ3v) is 10.3. The molecule has 154 valence electrons. The topological polar surface area (TPSA) is 22.3 Å². The molecule has 1 nitrogen and oxygen atoms in total. The van der Waals surface area contributed by atoms with Gasteiger partial charge in [0.15, 0.2) is 0 Å². The number of unbranched alkanes of at least 4 members (excludes halogenated alkanes) is 1. The molecule has 0 spiro atoms. The maximum atomic E-state index is 11.1. The van der Waals surface area contributed by atoms with Crippen LogP contribution in [0.5, 0.6) is 0 Å². The fourth-order valence-corrected chi connectivity index (χ4v) is 10.0. The molecule has 26 heavy (non-hydrogen) atoms. The maximum absolute atomic E-state index is 11.1. The Balaban J connectivity index is 0. The van der Waals surface area contributed by atoms with E-state index < -0.39 is 24.1 Å². The van der Waals surface area contributed by atoms with E-state index in [1.54, 1.807) is 0 Å². The zero-order valence-electron chi connectivity index (χ0n) is 18.6. The van der Waals surface area contributed by atoms with Crippen LogP contribution >= 0.6 is 25.7 Å². The van der Waals surface area contributed by atoms with Gasteiger partial charge in [-0.15, -0.1) is 0 Å². The molecule has 0 unspecified atom stereocenters. The molecule has 0 amide bonds. The summed E-state index contributed by atoms with van der Waals surface area (Å²) >= 11 is -0.556. The van der Waals surface area contributed by atoms with Crippen molar-refractivity contribution in [1.82, 2.24) is 0 Å². The van der Waals surface area contributed by atoms with Crippen molar-refractivity contribution in [2.24, 2.45) is 0 Å². The Hall–Kier alpha value is 0.874. The molecule has 0 aliphatic heterocycles. The van der Waals surface area contributed by atoms with Crippen molar-refractivity contribution >= 4 is 25.7 Å². The molecule has 1 aromatic carbocycles. The average Bonchev–Trinajstić information content (AvgIpc) is 2.95. The third-order valence-electron chi connectivity index (χ3n) is 4.46. The summed E-state index contributed by atoms with van der Waals surface area (Å²) in [5.74, 6) is 0. The van der Waals surface area contributed by atoms with Crippen LogP contribution in [0.15, 0.2) is 24.3 Å². The van der Waals surface area contributed by atoms with Crippen molar-refractivity contribution in [3.8, 4) is 0 Å². The van der Waals surface area contributed by atoms with E-state index in [9.17, 15) is 5.16 Å². The van der Waals surface area contributed by atoms with Gasteiger partial charge in [-0.25, -0.2) is 19.2 Å². The van der Waals surface area contributed by atoms with Gasteiger partial charge < -0.3 is 5.16 Å². The summed E-state index contributed by atoms with van der Waals surface area (Å²) < 4.78 is 0. The van der Waals surface area contributed by atoms with Gasteiger partial charge >= 0.3 is 35.6 Å². The van der Waals surface area contributed by atoms with Crippen molar-refractivity contribution in [3.63, 3.8) is 0 Å². The van der Waals surface area contributed by atoms with Crippen molar-refractivity contribution in [3.05, 3.63) is 35.0 Å². The van der Waals surface area contributed by atoms with E-state index in [0.29, 0.717) is 0 Å². The van der Waals surface area contributed by atoms with Crippen molar-refractivity contribution in [2.75, 3.05) is 0 Å². The molecule has 0 saturated heterocycles. The van der Waals surface area contributed by atoms with Gasteiger partial charge in [0.25, 0.3) is 0 Å². The standard InChI is InChI=1S/C12H27NP.C9H13.2ClH.Ti/c1-10(2,3)14(13,11(4,5)6)12(7,8)9;1-2-3-6-9-7-4-5-8-9;;;/h1-9H3;4-5,7-8H,2-3,6H2,1H3;2*1H;/q2*-1;;;+2/p-2. The fourth-order valence-electron chi connectivity index (χ4n) is 3.98. The second-order valence-electron chi connectivity index (χ2n) is 9.62. The minimum absolute atomic E-state index is 0.0104. The van der Waals surface area contributed by atoms with E-state index in [1.807, 2.05) is 0 Å². The SMILES string of the molecule is CC(C)(C)P(=[N-])(C(C)(C)C)C(C)(C)C.CCCC[c-]1cccc1.[Cl][Ti][Cl]. The van der Waals surface area contributed by atoms with Crippen LogP contribution in [0, 0.1) is 0 Å². The Labute approximate surface area is 180 Å². The number of aryl methyl sites for hydroxylation is 1. The number of nitrogens with zero attached hydrogens (tertiary/aromatic N) is 1. The molecule has 0 atom stereocenters. The van der Waals surface area contributed by atoms with Gasteiger partial charge in [-0.1, -0.05) is 88.5 Å². The number of halogens is 2. The Bertz CT molecular complexity index is 463. The molecule has 0 heterocycles. The van der Waals surface area contributed by atoms with Crippen molar-refractivity contribution < 1.29 is 17.0 Å². The van der Waals surface area contributed by atoms with Crippen LogP contribution in [0.25, 0.3) is 5.16 Å².